The number of hydrogen-bond acceptors (Lipinski definition) is 3. The molecule has 0 radical (unpaired) electrons. The molecule has 1 aromatic carbocycles. The van der Waals surface area contributed by atoms with Crippen molar-refractivity contribution in [3.05, 3.63) is 36.3 Å². The smallest absolute Gasteiger partial charge is 0.120 e. The molecule has 0 spiro atoms. The van der Waals surface area contributed by atoms with Crippen LogP contribution in [-0.4, -0.2) is 22.3 Å². The van der Waals surface area contributed by atoms with Gasteiger partial charge in [-0.25, -0.2) is 4.98 Å². The van der Waals surface area contributed by atoms with Crippen LogP contribution in [-0.2, 0) is 6.54 Å². The fourth-order valence-corrected chi connectivity index (χ4v) is 2.08. The monoisotopic (exact) mass is 261 g/mol. The minimum atomic E-state index is 0.472. The summed E-state index contributed by atoms with van der Waals surface area (Å²) in [6, 6.07) is 8.98. The molecule has 0 saturated carbocycles. The maximum atomic E-state index is 4.38. The van der Waals surface area contributed by atoms with E-state index < -0.39 is 0 Å². The molecule has 18 heavy (non-hydrogen) atoms. The molecule has 1 aromatic heterocycles. The fraction of sp³-hybridized carbons (Fsp3) is 0.357. The third kappa shape index (κ3) is 3.37. The SMILES string of the molecule is CSc1ccc(-c2cnc(CNC(C)C)[nH]2)cc1. The van der Waals surface area contributed by atoms with Crippen LogP contribution in [0, 0.1) is 0 Å². The molecule has 0 aliphatic heterocycles. The van der Waals surface area contributed by atoms with Crippen molar-refractivity contribution in [2.45, 2.75) is 31.3 Å². The standard InChI is InChI=1S/C14H19N3S/c1-10(2)15-9-14-16-8-13(17-14)11-4-6-12(18-3)7-5-11/h4-8,10,15H,9H2,1-3H3,(H,16,17). The molecule has 3 nitrogen and oxygen atoms in total. The van der Waals surface area contributed by atoms with Gasteiger partial charge in [-0.1, -0.05) is 26.0 Å². The van der Waals surface area contributed by atoms with Gasteiger partial charge in [-0.2, -0.15) is 0 Å². The molecule has 0 saturated heterocycles. The van der Waals surface area contributed by atoms with Gasteiger partial charge in [0, 0.05) is 10.9 Å². The predicted octanol–water partition coefficient (Wildman–Crippen LogP) is 3.30. The normalized spacial score (nSPS) is 11.1. The second-order valence-electron chi connectivity index (χ2n) is 4.51. The zero-order chi connectivity index (χ0) is 13.0. The van der Waals surface area contributed by atoms with E-state index in [4.69, 9.17) is 0 Å². The molecule has 0 amide bonds. The van der Waals surface area contributed by atoms with Crippen LogP contribution in [0.25, 0.3) is 11.3 Å². The van der Waals surface area contributed by atoms with Gasteiger partial charge in [-0.05, 0) is 24.0 Å². The van der Waals surface area contributed by atoms with Crippen molar-refractivity contribution in [3.63, 3.8) is 0 Å². The van der Waals surface area contributed by atoms with Gasteiger partial charge in [-0.3, -0.25) is 0 Å². The Bertz CT molecular complexity index is 488. The molecule has 1 heterocycles. The van der Waals surface area contributed by atoms with Gasteiger partial charge < -0.3 is 10.3 Å². The largest absolute Gasteiger partial charge is 0.341 e. The van der Waals surface area contributed by atoms with E-state index in [0.29, 0.717) is 6.04 Å². The summed E-state index contributed by atoms with van der Waals surface area (Å²) in [7, 11) is 0. The van der Waals surface area contributed by atoms with Crippen molar-refractivity contribution in [1.29, 1.82) is 0 Å². The molecule has 2 aromatic rings. The summed E-state index contributed by atoms with van der Waals surface area (Å²) in [5.41, 5.74) is 2.25. The summed E-state index contributed by atoms with van der Waals surface area (Å²) in [4.78, 5) is 9.00. The number of thioether (sulfide) groups is 1. The third-order valence-electron chi connectivity index (χ3n) is 2.71. The van der Waals surface area contributed by atoms with Gasteiger partial charge in [0.15, 0.2) is 0 Å². The van der Waals surface area contributed by atoms with Crippen LogP contribution >= 0.6 is 11.8 Å². The highest BCUT2D eigenvalue weighted by Gasteiger charge is 2.03. The first-order chi connectivity index (χ1) is 8.69. The van der Waals surface area contributed by atoms with E-state index in [-0.39, 0.29) is 0 Å². The Morgan fingerprint density at radius 1 is 1.28 bits per heavy atom. The zero-order valence-corrected chi connectivity index (χ0v) is 11.8. The van der Waals surface area contributed by atoms with Crippen molar-refractivity contribution >= 4 is 11.8 Å². The second-order valence-corrected chi connectivity index (χ2v) is 5.39. The number of H-pyrrole nitrogens is 1. The lowest BCUT2D eigenvalue weighted by Crippen LogP contribution is -2.22. The molecular formula is C14H19N3S. The van der Waals surface area contributed by atoms with Gasteiger partial charge in [-0.15, -0.1) is 11.8 Å². The van der Waals surface area contributed by atoms with Gasteiger partial charge >= 0.3 is 0 Å². The lowest BCUT2D eigenvalue weighted by Gasteiger charge is -2.05. The summed E-state index contributed by atoms with van der Waals surface area (Å²) >= 11 is 1.75. The fourth-order valence-electron chi connectivity index (χ4n) is 1.67. The molecule has 0 unspecified atom stereocenters. The van der Waals surface area contributed by atoms with Gasteiger partial charge in [0.05, 0.1) is 18.4 Å². The summed E-state index contributed by atoms with van der Waals surface area (Å²) in [5.74, 6) is 0.979. The second kappa shape index (κ2) is 6.07. The summed E-state index contributed by atoms with van der Waals surface area (Å²) < 4.78 is 0. The molecule has 4 heteroatoms. The molecule has 0 bridgehead atoms. The molecule has 0 aliphatic rings. The number of imidazole rings is 1. The van der Waals surface area contributed by atoms with Crippen molar-refractivity contribution in [2.75, 3.05) is 6.26 Å². The molecule has 0 atom stereocenters. The van der Waals surface area contributed by atoms with Crippen molar-refractivity contribution in [3.8, 4) is 11.3 Å². The van der Waals surface area contributed by atoms with E-state index in [1.54, 1.807) is 11.8 Å². The Balaban J connectivity index is 2.08. The highest BCUT2D eigenvalue weighted by Crippen LogP contribution is 2.21. The van der Waals surface area contributed by atoms with Crippen LogP contribution in [0.5, 0.6) is 0 Å². The molecule has 2 N–H and O–H groups in total. The van der Waals surface area contributed by atoms with Gasteiger partial charge in [0.2, 0.25) is 0 Å². The summed E-state index contributed by atoms with van der Waals surface area (Å²) in [5, 5.41) is 3.35. The number of nitrogens with zero attached hydrogens (tertiary/aromatic N) is 1. The average molecular weight is 261 g/mol. The van der Waals surface area contributed by atoms with Gasteiger partial charge in [0.25, 0.3) is 0 Å². The van der Waals surface area contributed by atoms with Crippen LogP contribution in [0.15, 0.2) is 35.4 Å². The minimum Gasteiger partial charge on any atom is -0.341 e. The lowest BCUT2D eigenvalue weighted by atomic mass is 10.2. The number of hydrogen-bond donors (Lipinski definition) is 2. The third-order valence-corrected chi connectivity index (χ3v) is 3.45. The quantitative estimate of drug-likeness (QED) is 0.811. The van der Waals surface area contributed by atoms with Crippen LogP contribution in [0.1, 0.15) is 19.7 Å². The Labute approximate surface area is 112 Å². The molecule has 2 rings (SSSR count). The highest BCUT2D eigenvalue weighted by atomic mass is 32.2. The number of aromatic amines is 1. The highest BCUT2D eigenvalue weighted by molar-refractivity contribution is 7.98. The minimum absolute atomic E-state index is 0.472. The Kier molecular flexibility index (Phi) is 4.44. The first-order valence-electron chi connectivity index (χ1n) is 6.10. The van der Waals surface area contributed by atoms with Crippen LogP contribution < -0.4 is 5.32 Å². The van der Waals surface area contributed by atoms with Crippen LogP contribution in [0.3, 0.4) is 0 Å². The van der Waals surface area contributed by atoms with Crippen LogP contribution in [0.2, 0.25) is 0 Å². The Morgan fingerprint density at radius 2 is 2.00 bits per heavy atom. The Morgan fingerprint density at radius 3 is 2.61 bits per heavy atom. The van der Waals surface area contributed by atoms with Crippen molar-refractivity contribution < 1.29 is 0 Å². The van der Waals surface area contributed by atoms with E-state index in [1.165, 1.54) is 10.5 Å². The van der Waals surface area contributed by atoms with Crippen LogP contribution in [0.4, 0.5) is 0 Å². The summed E-state index contributed by atoms with van der Waals surface area (Å²) in [6.45, 7) is 5.04. The van der Waals surface area contributed by atoms with Gasteiger partial charge in [0.1, 0.15) is 5.82 Å². The molecular weight excluding hydrogens is 242 g/mol. The maximum Gasteiger partial charge on any atom is 0.120 e. The number of rotatable bonds is 5. The topological polar surface area (TPSA) is 40.7 Å². The van der Waals surface area contributed by atoms with E-state index >= 15 is 0 Å². The van der Waals surface area contributed by atoms with E-state index in [9.17, 15) is 0 Å². The summed E-state index contributed by atoms with van der Waals surface area (Å²) in [6.07, 6.45) is 3.98. The molecule has 96 valence electrons. The van der Waals surface area contributed by atoms with E-state index in [0.717, 1.165) is 18.1 Å². The predicted molar refractivity (Wildman–Crippen MR) is 77.8 cm³/mol. The van der Waals surface area contributed by atoms with Crippen molar-refractivity contribution in [1.82, 2.24) is 15.3 Å². The Hall–Kier alpha value is -1.26. The lowest BCUT2D eigenvalue weighted by molar-refractivity contribution is 0.575. The van der Waals surface area contributed by atoms with E-state index in [2.05, 4.69) is 59.7 Å². The first-order valence-corrected chi connectivity index (χ1v) is 7.33. The molecule has 0 fully saturated rings. The first kappa shape index (κ1) is 13.2. The molecule has 0 aliphatic carbocycles. The zero-order valence-electron chi connectivity index (χ0n) is 11.0. The average Bonchev–Trinajstić information content (AvgIpc) is 2.85. The number of nitrogens with one attached hydrogen (secondary N) is 2. The maximum absolute atomic E-state index is 4.38. The van der Waals surface area contributed by atoms with E-state index in [1.807, 2.05) is 6.20 Å². The number of aromatic nitrogens is 2. The van der Waals surface area contributed by atoms with Crippen molar-refractivity contribution in [2.24, 2.45) is 0 Å². The number of benzene rings is 1.